The molecule has 0 fully saturated rings. The Balaban J connectivity index is 1.05. The van der Waals surface area contributed by atoms with Gasteiger partial charge in [-0.1, -0.05) is 41.5 Å². The summed E-state index contributed by atoms with van der Waals surface area (Å²) < 4.78 is 5.48. The summed E-state index contributed by atoms with van der Waals surface area (Å²) in [6.07, 6.45) is 0. The van der Waals surface area contributed by atoms with Gasteiger partial charge in [0.1, 0.15) is 0 Å². The summed E-state index contributed by atoms with van der Waals surface area (Å²) in [6.45, 7) is 13.9. The summed E-state index contributed by atoms with van der Waals surface area (Å²) in [4.78, 5) is 0. The van der Waals surface area contributed by atoms with E-state index in [1.807, 2.05) is 0 Å². The van der Waals surface area contributed by atoms with Crippen molar-refractivity contribution in [2.75, 3.05) is 0 Å². The minimum atomic E-state index is 0.0290. The molecule has 0 N–H and O–H groups in total. The molecule has 0 bridgehead atoms. The van der Waals surface area contributed by atoms with Gasteiger partial charge >= 0.3 is 343 Å². The van der Waals surface area contributed by atoms with Crippen molar-refractivity contribution in [2.45, 2.75) is 52.4 Å². The Hall–Kier alpha value is -7.22. The molecule has 1 nitrogen and oxygen atoms in total. The van der Waals surface area contributed by atoms with E-state index >= 15 is 0 Å². The van der Waals surface area contributed by atoms with Crippen LogP contribution in [-0.4, -0.2) is 19.1 Å². The van der Waals surface area contributed by atoms with E-state index in [0.29, 0.717) is 0 Å². The molecule has 0 unspecified atom stereocenters. The van der Waals surface area contributed by atoms with Crippen LogP contribution in [0.25, 0.3) is 123 Å². The molecule has 11 aromatic carbocycles. The van der Waals surface area contributed by atoms with Crippen LogP contribution in [0.2, 0.25) is 0 Å². The van der Waals surface area contributed by atoms with Crippen LogP contribution in [-0.2, 0) is 10.8 Å². The molecule has 0 saturated carbocycles. The minimum absolute atomic E-state index is 0.0290. The van der Waals surface area contributed by atoms with Crippen LogP contribution in [0, 0.1) is 0 Å². The summed E-state index contributed by atoms with van der Waals surface area (Å²) in [7, 11) is 0. The zero-order valence-electron chi connectivity index (χ0n) is 39.4. The van der Waals surface area contributed by atoms with Gasteiger partial charge in [0.25, 0.3) is 0 Å². The van der Waals surface area contributed by atoms with Crippen molar-refractivity contribution in [1.29, 1.82) is 0 Å². The van der Waals surface area contributed by atoms with Crippen molar-refractivity contribution in [3.8, 4) is 39.1 Å². The van der Waals surface area contributed by atoms with E-state index in [1.54, 1.807) is 0 Å². The van der Waals surface area contributed by atoms with Crippen LogP contribution in [0.4, 0.5) is 0 Å². The quantitative estimate of drug-likeness (QED) is 0.122. The van der Waals surface area contributed by atoms with Gasteiger partial charge < -0.3 is 0 Å². The number of nitrogens with zero attached hydrogens (tertiary/aromatic N) is 1. The first-order valence-electron chi connectivity index (χ1n) is 24.0. The first-order valence-corrected chi connectivity index (χ1v) is 25.7. The van der Waals surface area contributed by atoms with Crippen molar-refractivity contribution >= 4 is 98.7 Å². The van der Waals surface area contributed by atoms with Gasteiger partial charge in [-0.15, -0.1) is 0 Å². The van der Waals surface area contributed by atoms with E-state index in [4.69, 9.17) is 0 Å². The molecule has 0 saturated heterocycles. The molecular formula is C66H51NSe. The van der Waals surface area contributed by atoms with Gasteiger partial charge in [0, 0.05) is 0 Å². The van der Waals surface area contributed by atoms with E-state index in [0.717, 1.165) is 0 Å². The van der Waals surface area contributed by atoms with E-state index < -0.39 is 0 Å². The van der Waals surface area contributed by atoms with Gasteiger partial charge in [-0.25, -0.2) is 0 Å². The molecular weight excluding hydrogens is 886 g/mol. The number of fused-ring (bicyclic) bond motifs is 10. The molecule has 0 spiro atoms. The van der Waals surface area contributed by atoms with Crippen molar-refractivity contribution in [2.24, 2.45) is 0 Å². The van der Waals surface area contributed by atoms with Crippen LogP contribution in [0.5, 0.6) is 0 Å². The zero-order valence-corrected chi connectivity index (χ0v) is 41.1. The van der Waals surface area contributed by atoms with Gasteiger partial charge in [0.2, 0.25) is 0 Å². The maximum atomic E-state index is 2.57. The second kappa shape index (κ2) is 15.1. The number of hydrogen-bond acceptors (Lipinski definition) is 0. The van der Waals surface area contributed by atoms with E-state index in [1.165, 1.54) is 134 Å². The van der Waals surface area contributed by atoms with Crippen molar-refractivity contribution in [3.63, 3.8) is 0 Å². The molecule has 13 aromatic rings. The molecule has 0 radical (unpaired) electrons. The van der Waals surface area contributed by atoms with Gasteiger partial charge in [0.05, 0.1) is 0 Å². The average molecular weight is 937 g/mol. The summed E-state index contributed by atoms with van der Waals surface area (Å²) in [6, 6.07) is 76.1. The van der Waals surface area contributed by atoms with E-state index in [9.17, 15) is 0 Å². The van der Waals surface area contributed by atoms with Crippen LogP contribution in [0.1, 0.15) is 52.7 Å². The van der Waals surface area contributed by atoms with E-state index in [-0.39, 0.29) is 25.3 Å². The SMILES string of the molecule is CC(C)(C)c1ccc2c(c1)c1cc(C(C)(C)C)ccc1n2-c1c2ccccc2c(-c2ccc3[se]c4c(-c5c6ccccc6c(-c6ccccc6)c6ccccc56)cccc4c3c2)c2ccccc12. The fourth-order valence-electron chi connectivity index (χ4n) is 11.3. The Morgan fingerprint density at radius 1 is 0.324 bits per heavy atom. The zero-order chi connectivity index (χ0) is 46.1. The Bertz CT molecular complexity index is 4020. The standard InChI is InChI=1S/C66H51NSe/c1-65(2,3)42-32-34-57-54(38-42)55-39-43(66(4,5)6)33-35-58(55)67(57)63-50-27-16-14-25-48(50)61(49-26-15-17-28-51(49)63)41-31-36-59-56(37-41)52-29-18-30-53(64(52)68-59)62-46-23-12-10-21-44(46)60(40-19-8-7-9-20-40)45-22-11-13-24-47(45)62/h7-39H,1-6H3. The fourth-order valence-corrected chi connectivity index (χ4v) is 13.9. The average Bonchev–Trinajstić information content (AvgIpc) is 3.89. The van der Waals surface area contributed by atoms with E-state index in [2.05, 4.69) is 246 Å². The van der Waals surface area contributed by atoms with Gasteiger partial charge in [-0.05, 0) is 22.0 Å². The van der Waals surface area contributed by atoms with Crippen LogP contribution in [0.15, 0.2) is 200 Å². The monoisotopic (exact) mass is 937 g/mol. The Kier molecular flexibility index (Phi) is 9.13. The fraction of sp³-hybridized carbons (Fsp3) is 0.121. The first-order chi connectivity index (χ1) is 33.0. The molecule has 0 atom stereocenters. The molecule has 2 heterocycles. The summed E-state index contributed by atoms with van der Waals surface area (Å²) in [5.41, 5.74) is 14.3. The van der Waals surface area contributed by atoms with Crippen LogP contribution in [0.3, 0.4) is 0 Å². The Morgan fingerprint density at radius 2 is 0.765 bits per heavy atom. The second-order valence-electron chi connectivity index (χ2n) is 20.8. The maximum absolute atomic E-state index is 2.57. The van der Waals surface area contributed by atoms with Crippen LogP contribution < -0.4 is 0 Å². The molecule has 0 aliphatic carbocycles. The van der Waals surface area contributed by atoms with Crippen LogP contribution >= 0.6 is 0 Å². The summed E-state index contributed by atoms with van der Waals surface area (Å²) in [5, 5.41) is 15.6. The molecule has 0 aliphatic rings. The predicted molar refractivity (Wildman–Crippen MR) is 296 cm³/mol. The normalized spacial score (nSPS) is 12.6. The predicted octanol–water partition coefficient (Wildman–Crippen LogP) is 18.4. The summed E-state index contributed by atoms with van der Waals surface area (Å²) >= 11 is 0.129. The van der Waals surface area contributed by atoms with Gasteiger partial charge in [0.15, 0.2) is 0 Å². The molecule has 2 heteroatoms. The number of hydrogen-bond donors (Lipinski definition) is 0. The third kappa shape index (κ3) is 6.21. The molecule has 68 heavy (non-hydrogen) atoms. The second-order valence-corrected chi connectivity index (χ2v) is 23.0. The first kappa shape index (κ1) is 41.0. The third-order valence-electron chi connectivity index (χ3n) is 14.7. The van der Waals surface area contributed by atoms with Gasteiger partial charge in [-0.3, -0.25) is 0 Å². The van der Waals surface area contributed by atoms with Crippen molar-refractivity contribution in [3.05, 3.63) is 211 Å². The number of rotatable bonds is 4. The Labute approximate surface area is 403 Å². The third-order valence-corrected chi connectivity index (χ3v) is 17.2. The molecule has 13 rings (SSSR count). The molecule has 0 aliphatic heterocycles. The molecule has 326 valence electrons. The number of aromatic nitrogens is 1. The molecule has 2 aromatic heterocycles. The number of benzene rings is 11. The summed E-state index contributed by atoms with van der Waals surface area (Å²) in [5.74, 6) is 0. The molecule has 0 amide bonds. The van der Waals surface area contributed by atoms with Gasteiger partial charge in [-0.2, -0.15) is 0 Å². The van der Waals surface area contributed by atoms with Crippen molar-refractivity contribution in [1.82, 2.24) is 4.57 Å². The topological polar surface area (TPSA) is 4.93 Å². The Morgan fingerprint density at radius 3 is 1.28 bits per heavy atom. The van der Waals surface area contributed by atoms with Crippen molar-refractivity contribution < 1.29 is 0 Å².